The SMILES string of the molecule is CCCNC(=O)NC(=O)C[NH2+]C1CCCCCCC1. The van der Waals surface area contributed by atoms with E-state index in [9.17, 15) is 9.59 Å². The average Bonchev–Trinajstić information content (AvgIpc) is 2.35. The number of hydrogen-bond donors (Lipinski definition) is 3. The van der Waals surface area contributed by atoms with Crippen molar-refractivity contribution in [1.82, 2.24) is 10.6 Å². The predicted octanol–water partition coefficient (Wildman–Crippen LogP) is 0.899. The zero-order chi connectivity index (χ0) is 13.9. The Balaban J connectivity index is 2.15. The predicted molar refractivity (Wildman–Crippen MR) is 74.7 cm³/mol. The number of nitrogens with one attached hydrogen (secondary N) is 2. The van der Waals surface area contributed by atoms with Crippen LogP contribution < -0.4 is 16.0 Å². The summed E-state index contributed by atoms with van der Waals surface area (Å²) in [6, 6.07) is 0.169. The molecule has 0 aromatic carbocycles. The maximum absolute atomic E-state index is 11.6. The van der Waals surface area contributed by atoms with Crippen molar-refractivity contribution in [3.8, 4) is 0 Å². The highest BCUT2D eigenvalue weighted by atomic mass is 16.2. The number of amides is 3. The molecule has 19 heavy (non-hydrogen) atoms. The highest BCUT2D eigenvalue weighted by Gasteiger charge is 2.16. The number of hydrogen-bond acceptors (Lipinski definition) is 2. The van der Waals surface area contributed by atoms with Crippen LogP contribution in [0, 0.1) is 0 Å². The average molecular weight is 270 g/mol. The summed E-state index contributed by atoms with van der Waals surface area (Å²) in [4.78, 5) is 22.9. The minimum atomic E-state index is -0.377. The van der Waals surface area contributed by atoms with E-state index < -0.39 is 0 Å². The maximum atomic E-state index is 11.6. The summed E-state index contributed by atoms with van der Waals surface area (Å²) < 4.78 is 0. The van der Waals surface area contributed by atoms with Gasteiger partial charge in [0.1, 0.15) is 0 Å². The van der Waals surface area contributed by atoms with Gasteiger partial charge in [-0.25, -0.2) is 4.79 Å². The highest BCUT2D eigenvalue weighted by molar-refractivity contribution is 5.94. The lowest BCUT2D eigenvalue weighted by Gasteiger charge is -2.17. The second kappa shape index (κ2) is 9.78. The lowest BCUT2D eigenvalue weighted by atomic mass is 9.97. The van der Waals surface area contributed by atoms with Crippen molar-refractivity contribution in [3.63, 3.8) is 0 Å². The van der Waals surface area contributed by atoms with E-state index >= 15 is 0 Å². The van der Waals surface area contributed by atoms with Crippen molar-refractivity contribution in [2.75, 3.05) is 13.1 Å². The number of imide groups is 1. The molecular formula is C14H28N3O2+. The molecule has 0 aliphatic heterocycles. The molecular weight excluding hydrogens is 242 g/mol. The fourth-order valence-electron chi connectivity index (χ4n) is 2.46. The Kier molecular flexibility index (Phi) is 8.21. The molecule has 0 saturated heterocycles. The Bertz CT molecular complexity index is 274. The van der Waals surface area contributed by atoms with Crippen LogP contribution in [0.4, 0.5) is 4.79 Å². The van der Waals surface area contributed by atoms with E-state index in [1.165, 1.54) is 44.9 Å². The first kappa shape index (κ1) is 16.0. The summed E-state index contributed by atoms with van der Waals surface area (Å²) in [5.74, 6) is -0.198. The largest absolute Gasteiger partial charge is 0.338 e. The third-order valence-electron chi connectivity index (χ3n) is 3.57. The first-order chi connectivity index (χ1) is 9.22. The lowest BCUT2D eigenvalue weighted by Crippen LogP contribution is -2.92. The Labute approximate surface area is 115 Å². The van der Waals surface area contributed by atoms with Crippen molar-refractivity contribution in [2.24, 2.45) is 0 Å². The summed E-state index contributed by atoms with van der Waals surface area (Å²) in [6.45, 7) is 2.93. The Morgan fingerprint density at radius 3 is 2.37 bits per heavy atom. The fourth-order valence-corrected chi connectivity index (χ4v) is 2.46. The van der Waals surface area contributed by atoms with Crippen LogP contribution in [0.5, 0.6) is 0 Å². The van der Waals surface area contributed by atoms with Gasteiger partial charge < -0.3 is 10.6 Å². The molecule has 1 aliphatic carbocycles. The molecule has 0 aromatic heterocycles. The monoisotopic (exact) mass is 270 g/mol. The third-order valence-corrected chi connectivity index (χ3v) is 3.57. The summed E-state index contributed by atoms with van der Waals surface area (Å²) in [7, 11) is 0. The molecule has 1 aliphatic rings. The normalized spacial score (nSPS) is 17.3. The molecule has 3 amide bonds. The van der Waals surface area contributed by atoms with E-state index in [0.29, 0.717) is 19.1 Å². The van der Waals surface area contributed by atoms with Gasteiger partial charge in [0.05, 0.1) is 6.04 Å². The van der Waals surface area contributed by atoms with Gasteiger partial charge in [-0.3, -0.25) is 10.1 Å². The van der Waals surface area contributed by atoms with Crippen LogP contribution >= 0.6 is 0 Å². The van der Waals surface area contributed by atoms with Crippen molar-refractivity contribution >= 4 is 11.9 Å². The molecule has 0 radical (unpaired) electrons. The van der Waals surface area contributed by atoms with E-state index in [4.69, 9.17) is 0 Å². The van der Waals surface area contributed by atoms with Crippen LogP contribution in [0.3, 0.4) is 0 Å². The van der Waals surface area contributed by atoms with E-state index in [-0.39, 0.29) is 11.9 Å². The molecule has 0 atom stereocenters. The van der Waals surface area contributed by atoms with Crippen molar-refractivity contribution < 1.29 is 14.9 Å². The molecule has 4 N–H and O–H groups in total. The second-order valence-corrected chi connectivity index (χ2v) is 5.35. The number of quaternary nitrogens is 1. The van der Waals surface area contributed by atoms with Gasteiger partial charge >= 0.3 is 6.03 Å². The first-order valence-electron chi connectivity index (χ1n) is 7.63. The summed E-state index contributed by atoms with van der Waals surface area (Å²) in [6.07, 6.45) is 9.76. The van der Waals surface area contributed by atoms with Gasteiger partial charge in [-0.15, -0.1) is 0 Å². The van der Waals surface area contributed by atoms with E-state index in [1.54, 1.807) is 0 Å². The zero-order valence-corrected chi connectivity index (χ0v) is 12.0. The smallest absolute Gasteiger partial charge is 0.321 e. The molecule has 0 bridgehead atoms. The molecule has 1 rings (SSSR count). The number of carbonyl (C=O) groups excluding carboxylic acids is 2. The van der Waals surface area contributed by atoms with Crippen molar-refractivity contribution in [2.45, 2.75) is 64.3 Å². The minimum Gasteiger partial charge on any atom is -0.338 e. The quantitative estimate of drug-likeness (QED) is 0.694. The van der Waals surface area contributed by atoms with Gasteiger partial charge in [0.15, 0.2) is 6.54 Å². The Hall–Kier alpha value is -1.10. The molecule has 0 heterocycles. The van der Waals surface area contributed by atoms with Crippen LogP contribution in [0.25, 0.3) is 0 Å². The summed E-state index contributed by atoms with van der Waals surface area (Å²) in [5.41, 5.74) is 0. The standard InChI is InChI=1S/C14H27N3O2/c1-2-10-15-14(19)17-13(18)11-16-12-8-6-4-3-5-7-9-12/h12,16H,2-11H2,1H3,(H2,15,17,18,19)/p+1. The van der Waals surface area contributed by atoms with Gasteiger partial charge in [0.2, 0.25) is 0 Å². The van der Waals surface area contributed by atoms with Crippen LogP contribution in [0.1, 0.15) is 58.3 Å². The Morgan fingerprint density at radius 1 is 1.11 bits per heavy atom. The minimum absolute atomic E-state index is 0.198. The lowest BCUT2D eigenvalue weighted by molar-refractivity contribution is -0.680. The molecule has 1 fully saturated rings. The van der Waals surface area contributed by atoms with E-state index in [2.05, 4.69) is 16.0 Å². The van der Waals surface area contributed by atoms with E-state index in [0.717, 1.165) is 6.42 Å². The topological polar surface area (TPSA) is 74.8 Å². The van der Waals surface area contributed by atoms with Gasteiger partial charge in [0, 0.05) is 6.54 Å². The first-order valence-corrected chi connectivity index (χ1v) is 7.63. The Morgan fingerprint density at radius 2 is 1.74 bits per heavy atom. The molecule has 110 valence electrons. The molecule has 1 saturated carbocycles. The number of rotatable bonds is 5. The van der Waals surface area contributed by atoms with Crippen LogP contribution in [0.2, 0.25) is 0 Å². The van der Waals surface area contributed by atoms with Crippen molar-refractivity contribution in [1.29, 1.82) is 0 Å². The van der Waals surface area contributed by atoms with Gasteiger partial charge in [-0.05, 0) is 32.1 Å². The van der Waals surface area contributed by atoms with Crippen LogP contribution in [-0.2, 0) is 4.79 Å². The van der Waals surface area contributed by atoms with Gasteiger partial charge in [-0.1, -0.05) is 26.2 Å². The van der Waals surface area contributed by atoms with Crippen LogP contribution in [0.15, 0.2) is 0 Å². The molecule has 5 nitrogen and oxygen atoms in total. The third kappa shape index (κ3) is 7.82. The molecule has 0 unspecified atom stereocenters. The van der Waals surface area contributed by atoms with E-state index in [1.807, 2.05) is 6.92 Å². The van der Waals surface area contributed by atoms with Crippen LogP contribution in [-0.4, -0.2) is 31.1 Å². The number of nitrogens with two attached hydrogens (primary N) is 1. The summed E-state index contributed by atoms with van der Waals surface area (Å²) in [5, 5.41) is 7.09. The maximum Gasteiger partial charge on any atom is 0.321 e. The van der Waals surface area contributed by atoms with Gasteiger partial charge in [0.25, 0.3) is 5.91 Å². The van der Waals surface area contributed by atoms with Crippen molar-refractivity contribution in [3.05, 3.63) is 0 Å². The van der Waals surface area contributed by atoms with Gasteiger partial charge in [-0.2, -0.15) is 0 Å². The summed E-state index contributed by atoms with van der Waals surface area (Å²) >= 11 is 0. The highest BCUT2D eigenvalue weighted by Crippen LogP contribution is 2.14. The molecule has 5 heteroatoms. The second-order valence-electron chi connectivity index (χ2n) is 5.35. The number of urea groups is 1. The zero-order valence-electron chi connectivity index (χ0n) is 12.0. The molecule has 0 spiro atoms. The fraction of sp³-hybridized carbons (Fsp3) is 0.857. The number of carbonyl (C=O) groups is 2. The molecule has 0 aromatic rings.